The van der Waals surface area contributed by atoms with Crippen molar-refractivity contribution in [3.63, 3.8) is 0 Å². The van der Waals surface area contributed by atoms with Crippen LogP contribution >= 0.6 is 0 Å². The highest BCUT2D eigenvalue weighted by molar-refractivity contribution is 5.81. The molecule has 1 saturated heterocycles. The number of piperidine rings is 1. The van der Waals surface area contributed by atoms with E-state index in [4.69, 9.17) is 4.52 Å². The fraction of sp³-hybridized carbons (Fsp3) is 0.812. The zero-order chi connectivity index (χ0) is 15.4. The molecule has 5 nitrogen and oxygen atoms in total. The molecule has 122 valence electrons. The van der Waals surface area contributed by atoms with Gasteiger partial charge < -0.3 is 9.42 Å². The van der Waals surface area contributed by atoms with Gasteiger partial charge in [-0.2, -0.15) is 4.98 Å². The summed E-state index contributed by atoms with van der Waals surface area (Å²) >= 11 is 0. The molecule has 0 spiro atoms. The van der Waals surface area contributed by atoms with Crippen LogP contribution in [-0.2, 0) is 4.79 Å². The van der Waals surface area contributed by atoms with Crippen LogP contribution in [0.1, 0.15) is 69.7 Å². The van der Waals surface area contributed by atoms with Crippen molar-refractivity contribution in [2.75, 3.05) is 6.54 Å². The van der Waals surface area contributed by atoms with Gasteiger partial charge in [-0.15, -0.1) is 0 Å². The lowest BCUT2D eigenvalue weighted by atomic mass is 9.85. The van der Waals surface area contributed by atoms with E-state index in [1.54, 1.807) is 4.90 Å². The molecule has 0 unspecified atom stereocenters. The Morgan fingerprint density at radius 1 is 1.27 bits per heavy atom. The molecule has 1 amide bonds. The number of hydrogen-bond acceptors (Lipinski definition) is 4. The second kappa shape index (κ2) is 7.20. The Bertz CT molecular complexity index is 474. The van der Waals surface area contributed by atoms with Crippen LogP contribution in [0.4, 0.5) is 4.39 Å². The van der Waals surface area contributed by atoms with Gasteiger partial charge in [0.25, 0.3) is 5.91 Å². The molecule has 1 aliphatic heterocycles. The quantitative estimate of drug-likeness (QED) is 0.855. The van der Waals surface area contributed by atoms with Crippen molar-refractivity contribution < 1.29 is 13.7 Å². The van der Waals surface area contributed by atoms with Crippen LogP contribution in [0, 0.1) is 5.92 Å². The standard InChI is InChI=1S/C16H24FN3O2/c17-13(10-12-6-2-1-3-7-12)16(21)20-9-5-4-8-14(20)15-18-11-22-19-15/h11-14H,1-10H2/t13-,14-/m1/s1. The number of rotatable bonds is 4. The Balaban J connectivity index is 1.63. The number of nitrogens with zero attached hydrogens (tertiary/aromatic N) is 3. The van der Waals surface area contributed by atoms with Gasteiger partial charge >= 0.3 is 0 Å². The molecule has 2 fully saturated rings. The van der Waals surface area contributed by atoms with Gasteiger partial charge in [-0.3, -0.25) is 4.79 Å². The lowest BCUT2D eigenvalue weighted by molar-refractivity contribution is -0.141. The predicted molar refractivity (Wildman–Crippen MR) is 78.7 cm³/mol. The van der Waals surface area contributed by atoms with Gasteiger partial charge in [0.2, 0.25) is 6.39 Å². The molecule has 6 heteroatoms. The first-order valence-corrected chi connectivity index (χ1v) is 8.46. The first-order chi connectivity index (χ1) is 10.8. The highest BCUT2D eigenvalue weighted by Gasteiger charge is 2.35. The van der Waals surface area contributed by atoms with Crippen LogP contribution in [0.15, 0.2) is 10.9 Å². The van der Waals surface area contributed by atoms with E-state index in [1.807, 2.05) is 0 Å². The highest BCUT2D eigenvalue weighted by Crippen LogP contribution is 2.32. The Labute approximate surface area is 130 Å². The minimum atomic E-state index is -1.39. The topological polar surface area (TPSA) is 59.2 Å². The molecule has 1 saturated carbocycles. The molecule has 1 aromatic rings. The number of carbonyl (C=O) groups is 1. The summed E-state index contributed by atoms with van der Waals surface area (Å²) in [5.41, 5.74) is 0. The van der Waals surface area contributed by atoms with E-state index in [1.165, 1.54) is 25.7 Å². The smallest absolute Gasteiger partial charge is 0.257 e. The third-order valence-corrected chi connectivity index (χ3v) is 5.00. The lowest BCUT2D eigenvalue weighted by Gasteiger charge is -2.35. The van der Waals surface area contributed by atoms with E-state index in [0.29, 0.717) is 24.7 Å². The summed E-state index contributed by atoms with van der Waals surface area (Å²) in [5, 5.41) is 3.85. The van der Waals surface area contributed by atoms with Crippen LogP contribution < -0.4 is 0 Å². The second-order valence-corrected chi connectivity index (χ2v) is 6.54. The first kappa shape index (κ1) is 15.4. The number of hydrogen-bond donors (Lipinski definition) is 0. The summed E-state index contributed by atoms with van der Waals surface area (Å²) in [5.74, 6) is 0.471. The molecule has 0 radical (unpaired) electrons. The van der Waals surface area contributed by atoms with E-state index < -0.39 is 6.17 Å². The molecule has 1 aromatic heterocycles. The number of alkyl halides is 1. The number of carbonyl (C=O) groups excluding carboxylic acids is 1. The van der Waals surface area contributed by atoms with Crippen molar-refractivity contribution in [2.24, 2.45) is 5.92 Å². The number of halogens is 1. The van der Waals surface area contributed by atoms with Crippen molar-refractivity contribution in [1.82, 2.24) is 15.0 Å². The van der Waals surface area contributed by atoms with E-state index in [9.17, 15) is 9.18 Å². The maximum absolute atomic E-state index is 14.5. The molecular formula is C16H24FN3O2. The summed E-state index contributed by atoms with van der Waals surface area (Å²) in [4.78, 5) is 18.2. The van der Waals surface area contributed by atoms with Crippen LogP contribution in [-0.4, -0.2) is 33.7 Å². The summed E-state index contributed by atoms with van der Waals surface area (Å²) in [6.07, 6.45) is 8.63. The normalized spacial score (nSPS) is 25.1. The zero-order valence-electron chi connectivity index (χ0n) is 12.9. The summed E-state index contributed by atoms with van der Waals surface area (Å²) in [7, 11) is 0. The first-order valence-electron chi connectivity index (χ1n) is 8.46. The molecule has 0 bridgehead atoms. The maximum Gasteiger partial charge on any atom is 0.257 e. The maximum atomic E-state index is 14.5. The van der Waals surface area contributed by atoms with Gasteiger partial charge in [-0.25, -0.2) is 4.39 Å². The molecular weight excluding hydrogens is 285 g/mol. The largest absolute Gasteiger partial charge is 0.343 e. The second-order valence-electron chi connectivity index (χ2n) is 6.54. The van der Waals surface area contributed by atoms with Gasteiger partial charge in [0.15, 0.2) is 12.0 Å². The van der Waals surface area contributed by atoms with E-state index >= 15 is 0 Å². The van der Waals surface area contributed by atoms with E-state index in [-0.39, 0.29) is 11.9 Å². The van der Waals surface area contributed by atoms with Gasteiger partial charge in [0.05, 0.1) is 6.04 Å². The highest BCUT2D eigenvalue weighted by atomic mass is 19.1. The molecule has 22 heavy (non-hydrogen) atoms. The third-order valence-electron chi connectivity index (χ3n) is 5.00. The minimum absolute atomic E-state index is 0.232. The third kappa shape index (κ3) is 3.47. The predicted octanol–water partition coefficient (Wildman–Crippen LogP) is 3.43. The van der Waals surface area contributed by atoms with Gasteiger partial charge in [-0.1, -0.05) is 37.3 Å². The van der Waals surface area contributed by atoms with Gasteiger partial charge in [-0.05, 0) is 31.6 Å². The van der Waals surface area contributed by atoms with Crippen LogP contribution in [0.25, 0.3) is 0 Å². The SMILES string of the molecule is O=C([C@H](F)CC1CCCCC1)N1CCCC[C@@H]1c1ncon1. The number of amides is 1. The van der Waals surface area contributed by atoms with Crippen molar-refractivity contribution in [3.05, 3.63) is 12.2 Å². The summed E-state index contributed by atoms with van der Waals surface area (Å²) in [6, 6.07) is -0.232. The molecule has 2 heterocycles. The molecule has 0 aromatic carbocycles. The molecule has 2 aliphatic rings. The summed E-state index contributed by atoms with van der Waals surface area (Å²) in [6.45, 7) is 0.586. The molecule has 0 N–H and O–H groups in total. The molecule has 2 atom stereocenters. The van der Waals surface area contributed by atoms with E-state index in [2.05, 4.69) is 10.1 Å². The molecule has 3 rings (SSSR count). The number of aromatic nitrogens is 2. The molecule has 1 aliphatic carbocycles. The average Bonchev–Trinajstić information content (AvgIpc) is 3.09. The Morgan fingerprint density at radius 2 is 2.05 bits per heavy atom. The van der Waals surface area contributed by atoms with E-state index in [0.717, 1.165) is 32.1 Å². The van der Waals surface area contributed by atoms with Crippen LogP contribution in [0.5, 0.6) is 0 Å². The summed E-state index contributed by atoms with van der Waals surface area (Å²) < 4.78 is 19.3. The number of likely N-dealkylation sites (tertiary alicyclic amines) is 1. The van der Waals surface area contributed by atoms with Crippen molar-refractivity contribution >= 4 is 5.91 Å². The monoisotopic (exact) mass is 309 g/mol. The van der Waals surface area contributed by atoms with Crippen molar-refractivity contribution in [1.29, 1.82) is 0 Å². The Kier molecular flexibility index (Phi) is 5.05. The van der Waals surface area contributed by atoms with Gasteiger partial charge in [0.1, 0.15) is 0 Å². The fourth-order valence-corrected chi connectivity index (χ4v) is 3.79. The van der Waals surface area contributed by atoms with Crippen LogP contribution in [0.3, 0.4) is 0 Å². The van der Waals surface area contributed by atoms with Crippen LogP contribution in [0.2, 0.25) is 0 Å². The fourth-order valence-electron chi connectivity index (χ4n) is 3.79. The zero-order valence-corrected chi connectivity index (χ0v) is 12.9. The Morgan fingerprint density at radius 3 is 2.77 bits per heavy atom. The van der Waals surface area contributed by atoms with Crippen molar-refractivity contribution in [3.8, 4) is 0 Å². The van der Waals surface area contributed by atoms with Gasteiger partial charge in [0, 0.05) is 6.54 Å². The lowest BCUT2D eigenvalue weighted by Crippen LogP contribution is -2.43. The average molecular weight is 309 g/mol. The minimum Gasteiger partial charge on any atom is -0.343 e. The Hall–Kier alpha value is -1.46. The van der Waals surface area contributed by atoms with Crippen molar-refractivity contribution in [2.45, 2.75) is 70.0 Å².